The van der Waals surface area contributed by atoms with E-state index in [0.717, 1.165) is 13.0 Å². The molecule has 92 valence electrons. The van der Waals surface area contributed by atoms with Gasteiger partial charge in [-0.05, 0) is 31.1 Å². The molecule has 16 heavy (non-hydrogen) atoms. The van der Waals surface area contributed by atoms with E-state index in [4.69, 9.17) is 16.3 Å². The van der Waals surface area contributed by atoms with Gasteiger partial charge in [0.25, 0.3) is 0 Å². The molecule has 0 spiro atoms. The first-order valence-electron chi connectivity index (χ1n) is 6.26. The largest absolute Gasteiger partial charge is 0.380 e. The number of carbonyl (C=O) groups is 1. The third-order valence-corrected chi connectivity index (χ3v) is 3.85. The number of nitrogens with one attached hydrogen (secondary N) is 1. The molecule has 2 aliphatic rings. The van der Waals surface area contributed by atoms with E-state index in [1.165, 1.54) is 19.3 Å². The summed E-state index contributed by atoms with van der Waals surface area (Å²) < 4.78 is 5.23. The highest BCUT2D eigenvalue weighted by atomic mass is 35.5. The van der Waals surface area contributed by atoms with Crippen LogP contribution in [0.5, 0.6) is 0 Å². The zero-order valence-corrected chi connectivity index (χ0v) is 10.3. The number of carbonyl (C=O) groups excluding carboxylic acids is 1. The quantitative estimate of drug-likeness (QED) is 0.549. The van der Waals surface area contributed by atoms with Crippen molar-refractivity contribution in [2.45, 2.75) is 25.7 Å². The molecule has 2 rings (SSSR count). The average molecular weight is 246 g/mol. The van der Waals surface area contributed by atoms with Gasteiger partial charge < -0.3 is 10.1 Å². The first-order chi connectivity index (χ1) is 7.84. The Kier molecular flexibility index (Phi) is 4.47. The number of alkyl halides is 1. The number of hydrogen-bond donors (Lipinski definition) is 1. The fourth-order valence-electron chi connectivity index (χ4n) is 2.87. The Morgan fingerprint density at radius 1 is 1.31 bits per heavy atom. The van der Waals surface area contributed by atoms with E-state index >= 15 is 0 Å². The summed E-state index contributed by atoms with van der Waals surface area (Å²) in [7, 11) is 0. The van der Waals surface area contributed by atoms with E-state index in [1.54, 1.807) is 0 Å². The predicted octanol–water partition coefficient (Wildman–Crippen LogP) is 1.79. The minimum atomic E-state index is 0.270. The van der Waals surface area contributed by atoms with Gasteiger partial charge in [-0.2, -0.15) is 0 Å². The maximum absolute atomic E-state index is 11.7. The van der Waals surface area contributed by atoms with Crippen molar-refractivity contribution in [2.24, 2.45) is 17.8 Å². The third-order valence-electron chi connectivity index (χ3n) is 3.70. The Morgan fingerprint density at radius 2 is 2.06 bits per heavy atom. The molecule has 0 aliphatic heterocycles. The Hall–Kier alpha value is -0.280. The zero-order valence-electron chi connectivity index (χ0n) is 9.58. The van der Waals surface area contributed by atoms with Crippen LogP contribution in [0.3, 0.4) is 0 Å². The van der Waals surface area contributed by atoms with Crippen LogP contribution in [0.4, 0.5) is 0 Å². The molecular formula is C12H20ClNO2. The van der Waals surface area contributed by atoms with Crippen LogP contribution in [-0.2, 0) is 9.53 Å². The van der Waals surface area contributed by atoms with Crippen molar-refractivity contribution in [1.82, 2.24) is 5.32 Å². The van der Waals surface area contributed by atoms with Gasteiger partial charge in [-0.3, -0.25) is 4.79 Å². The smallest absolute Gasteiger partial charge is 0.223 e. The predicted molar refractivity (Wildman–Crippen MR) is 63.5 cm³/mol. The molecule has 0 aromatic carbocycles. The molecule has 2 unspecified atom stereocenters. The van der Waals surface area contributed by atoms with Crippen molar-refractivity contribution in [3.8, 4) is 0 Å². The Balaban J connectivity index is 1.49. The van der Waals surface area contributed by atoms with Crippen LogP contribution < -0.4 is 5.32 Å². The van der Waals surface area contributed by atoms with Gasteiger partial charge in [-0.1, -0.05) is 6.42 Å². The first kappa shape index (κ1) is 12.2. The molecule has 3 nitrogen and oxygen atoms in total. The molecule has 2 saturated carbocycles. The van der Waals surface area contributed by atoms with E-state index in [0.29, 0.717) is 36.8 Å². The normalized spacial score (nSPS) is 31.2. The van der Waals surface area contributed by atoms with E-state index in [1.807, 2.05) is 0 Å². The van der Waals surface area contributed by atoms with Crippen LogP contribution in [0.1, 0.15) is 25.7 Å². The van der Waals surface area contributed by atoms with Gasteiger partial charge in [0.15, 0.2) is 0 Å². The molecule has 0 aromatic rings. The number of hydrogen-bond acceptors (Lipinski definition) is 2. The topological polar surface area (TPSA) is 38.3 Å². The first-order valence-corrected chi connectivity index (χ1v) is 6.79. The van der Waals surface area contributed by atoms with Crippen LogP contribution in [-0.4, -0.2) is 31.5 Å². The third kappa shape index (κ3) is 2.89. The Bertz CT molecular complexity index is 237. The van der Waals surface area contributed by atoms with Gasteiger partial charge in [0.2, 0.25) is 5.91 Å². The van der Waals surface area contributed by atoms with Gasteiger partial charge in [-0.15, -0.1) is 11.6 Å². The van der Waals surface area contributed by atoms with Crippen molar-refractivity contribution in [2.75, 3.05) is 25.6 Å². The average Bonchev–Trinajstić information content (AvgIpc) is 2.77. The molecule has 2 atom stereocenters. The summed E-state index contributed by atoms with van der Waals surface area (Å²) in [5.41, 5.74) is 0. The number of halogens is 1. The van der Waals surface area contributed by atoms with Gasteiger partial charge in [-0.25, -0.2) is 0 Å². The van der Waals surface area contributed by atoms with Gasteiger partial charge in [0, 0.05) is 24.9 Å². The Labute approximate surface area is 102 Å². The second-order valence-corrected chi connectivity index (χ2v) is 5.11. The molecule has 1 amide bonds. The maximum Gasteiger partial charge on any atom is 0.223 e. The molecule has 4 heteroatoms. The highest BCUT2D eigenvalue weighted by Crippen LogP contribution is 2.57. The van der Waals surface area contributed by atoms with Crippen LogP contribution in [0.25, 0.3) is 0 Å². The molecule has 0 heterocycles. The van der Waals surface area contributed by atoms with Crippen LogP contribution in [0, 0.1) is 17.8 Å². The van der Waals surface area contributed by atoms with E-state index in [9.17, 15) is 4.79 Å². The summed E-state index contributed by atoms with van der Waals surface area (Å²) in [5.74, 6) is 2.59. The van der Waals surface area contributed by atoms with Gasteiger partial charge in [0.05, 0.1) is 6.61 Å². The lowest BCUT2D eigenvalue weighted by Crippen LogP contribution is -2.28. The maximum atomic E-state index is 11.7. The number of amides is 1. The summed E-state index contributed by atoms with van der Waals surface area (Å²) in [6.07, 6.45) is 4.74. The SMILES string of the molecule is O=C(NCCCOCCCl)C1C2CCCC21. The second kappa shape index (κ2) is 5.87. The number of ether oxygens (including phenoxy) is 1. The molecule has 2 fully saturated rings. The summed E-state index contributed by atoms with van der Waals surface area (Å²) in [4.78, 5) is 11.7. The lowest BCUT2D eigenvalue weighted by molar-refractivity contribution is -0.123. The summed E-state index contributed by atoms with van der Waals surface area (Å²) >= 11 is 5.47. The highest BCUT2D eigenvalue weighted by Gasteiger charge is 2.56. The van der Waals surface area contributed by atoms with Crippen LogP contribution in [0.15, 0.2) is 0 Å². The van der Waals surface area contributed by atoms with Crippen molar-refractivity contribution >= 4 is 17.5 Å². The molecule has 2 aliphatic carbocycles. The standard InChI is InChI=1S/C12H20ClNO2/c13-5-8-16-7-2-6-14-12(15)11-9-3-1-4-10(9)11/h9-11H,1-8H2,(H,14,15). The van der Waals surface area contributed by atoms with Crippen molar-refractivity contribution < 1.29 is 9.53 Å². The minimum Gasteiger partial charge on any atom is -0.380 e. The van der Waals surface area contributed by atoms with E-state index in [-0.39, 0.29) is 5.91 Å². The lowest BCUT2D eigenvalue weighted by atomic mass is 10.1. The Morgan fingerprint density at radius 3 is 2.75 bits per heavy atom. The minimum absolute atomic E-state index is 0.270. The van der Waals surface area contributed by atoms with Crippen molar-refractivity contribution in [3.63, 3.8) is 0 Å². The highest BCUT2D eigenvalue weighted by molar-refractivity contribution is 6.17. The number of fused-ring (bicyclic) bond motifs is 1. The van der Waals surface area contributed by atoms with Crippen molar-refractivity contribution in [1.29, 1.82) is 0 Å². The summed E-state index contributed by atoms with van der Waals surface area (Å²) in [6.45, 7) is 2.02. The second-order valence-electron chi connectivity index (χ2n) is 4.73. The summed E-state index contributed by atoms with van der Waals surface area (Å²) in [5, 5.41) is 3.00. The van der Waals surface area contributed by atoms with Crippen molar-refractivity contribution in [3.05, 3.63) is 0 Å². The molecule has 1 N–H and O–H groups in total. The molecule has 0 bridgehead atoms. The lowest BCUT2D eigenvalue weighted by Gasteiger charge is -2.06. The monoisotopic (exact) mass is 245 g/mol. The number of rotatable bonds is 7. The fourth-order valence-corrected chi connectivity index (χ4v) is 2.98. The fraction of sp³-hybridized carbons (Fsp3) is 0.917. The van der Waals surface area contributed by atoms with Gasteiger partial charge in [0.1, 0.15) is 0 Å². The molecular weight excluding hydrogens is 226 g/mol. The molecule has 0 aromatic heterocycles. The van der Waals surface area contributed by atoms with E-state index in [2.05, 4.69) is 5.32 Å². The van der Waals surface area contributed by atoms with Crippen LogP contribution >= 0.6 is 11.6 Å². The molecule has 0 saturated heterocycles. The van der Waals surface area contributed by atoms with Gasteiger partial charge >= 0.3 is 0 Å². The molecule has 0 radical (unpaired) electrons. The zero-order chi connectivity index (χ0) is 11.4. The van der Waals surface area contributed by atoms with E-state index < -0.39 is 0 Å². The summed E-state index contributed by atoms with van der Waals surface area (Å²) in [6, 6.07) is 0. The van der Waals surface area contributed by atoms with Crippen LogP contribution in [0.2, 0.25) is 0 Å².